The number of ether oxygens (including phenoxy) is 1. The molecule has 8 heteroatoms. The van der Waals surface area contributed by atoms with Crippen molar-refractivity contribution < 1.29 is 19.4 Å². The third kappa shape index (κ3) is 5.06. The van der Waals surface area contributed by atoms with Gasteiger partial charge in [-0.1, -0.05) is 11.6 Å². The van der Waals surface area contributed by atoms with E-state index in [9.17, 15) is 9.59 Å². The number of hydrogen-bond acceptors (Lipinski definition) is 3. The first-order valence-corrected chi connectivity index (χ1v) is 6.36. The number of rotatable bonds is 5. The van der Waals surface area contributed by atoms with Crippen molar-refractivity contribution in [1.29, 1.82) is 0 Å². The zero-order chi connectivity index (χ0) is 14.4. The van der Waals surface area contributed by atoms with E-state index < -0.39 is 18.1 Å². The first-order valence-electron chi connectivity index (χ1n) is 5.19. The maximum atomic E-state index is 11.6. The predicted molar refractivity (Wildman–Crippen MR) is 74.6 cm³/mol. The molecule has 1 atom stereocenters. The van der Waals surface area contributed by atoms with Gasteiger partial charge in [0.05, 0.1) is 12.2 Å². The molecular weight excluding hydrogens is 339 g/mol. The molecule has 0 saturated heterocycles. The summed E-state index contributed by atoms with van der Waals surface area (Å²) in [6, 6.07) is 4.34. The number of aliphatic carboxylic acids is 1. The first kappa shape index (κ1) is 15.7. The molecule has 1 aromatic carbocycles. The van der Waals surface area contributed by atoms with Gasteiger partial charge in [0.2, 0.25) is 0 Å². The van der Waals surface area contributed by atoms with Crippen molar-refractivity contribution in [3.05, 3.63) is 27.7 Å². The first-order chi connectivity index (χ1) is 8.93. The molecule has 0 aliphatic rings. The van der Waals surface area contributed by atoms with Crippen molar-refractivity contribution in [2.24, 2.45) is 0 Å². The molecule has 0 aromatic heterocycles. The van der Waals surface area contributed by atoms with Gasteiger partial charge in [-0.15, -0.1) is 0 Å². The fraction of sp³-hybridized carbons (Fsp3) is 0.273. The Morgan fingerprint density at radius 3 is 2.74 bits per heavy atom. The van der Waals surface area contributed by atoms with Gasteiger partial charge in [0.25, 0.3) is 0 Å². The molecule has 0 aliphatic carbocycles. The Balaban J connectivity index is 2.53. The van der Waals surface area contributed by atoms with Gasteiger partial charge in [0.1, 0.15) is 0 Å². The molecule has 6 nitrogen and oxygen atoms in total. The number of amides is 2. The quantitative estimate of drug-likeness (QED) is 0.760. The molecule has 19 heavy (non-hydrogen) atoms. The second-order valence-corrected chi connectivity index (χ2v) is 4.81. The third-order valence-electron chi connectivity index (χ3n) is 2.19. The van der Waals surface area contributed by atoms with Crippen molar-refractivity contribution in [3.8, 4) is 0 Å². The molecular formula is C11H12BrClN2O4. The van der Waals surface area contributed by atoms with Gasteiger partial charge < -0.3 is 20.5 Å². The largest absolute Gasteiger partial charge is 0.479 e. The zero-order valence-corrected chi connectivity index (χ0v) is 12.3. The maximum Gasteiger partial charge on any atom is 0.334 e. The lowest BCUT2D eigenvalue weighted by Gasteiger charge is -2.13. The van der Waals surface area contributed by atoms with Crippen molar-refractivity contribution in [1.82, 2.24) is 5.32 Å². The smallest absolute Gasteiger partial charge is 0.334 e. The number of methoxy groups -OCH3 is 1. The van der Waals surface area contributed by atoms with E-state index in [1.54, 1.807) is 18.2 Å². The lowest BCUT2D eigenvalue weighted by Crippen LogP contribution is -2.39. The van der Waals surface area contributed by atoms with Crippen LogP contribution in [0.4, 0.5) is 10.5 Å². The molecule has 3 N–H and O–H groups in total. The number of carboxylic acid groups (broad SMARTS) is 1. The molecule has 0 radical (unpaired) electrons. The van der Waals surface area contributed by atoms with Crippen LogP contribution in [-0.4, -0.2) is 36.9 Å². The minimum Gasteiger partial charge on any atom is -0.479 e. The summed E-state index contributed by atoms with van der Waals surface area (Å²) in [7, 11) is 1.26. The highest BCUT2D eigenvalue weighted by Gasteiger charge is 2.17. The number of nitrogens with one attached hydrogen (secondary N) is 2. The van der Waals surface area contributed by atoms with E-state index in [4.69, 9.17) is 16.7 Å². The van der Waals surface area contributed by atoms with E-state index in [1.165, 1.54) is 7.11 Å². The minimum atomic E-state index is -1.14. The molecule has 0 fully saturated rings. The fourth-order valence-corrected chi connectivity index (χ4v) is 2.00. The van der Waals surface area contributed by atoms with Crippen LogP contribution in [0.3, 0.4) is 0 Å². The number of hydrogen-bond donors (Lipinski definition) is 3. The van der Waals surface area contributed by atoms with Gasteiger partial charge in [-0.2, -0.15) is 0 Å². The number of carbonyl (C=O) groups is 2. The summed E-state index contributed by atoms with van der Waals surface area (Å²) in [6.45, 7) is -0.136. The molecule has 1 rings (SSSR count). The zero-order valence-electron chi connectivity index (χ0n) is 9.94. The van der Waals surface area contributed by atoms with Gasteiger partial charge in [0, 0.05) is 16.6 Å². The molecule has 104 valence electrons. The fourth-order valence-electron chi connectivity index (χ4n) is 1.21. The van der Waals surface area contributed by atoms with E-state index in [1.807, 2.05) is 0 Å². The Hall–Kier alpha value is -1.31. The van der Waals surface area contributed by atoms with Gasteiger partial charge in [0.15, 0.2) is 6.10 Å². The Morgan fingerprint density at radius 1 is 1.53 bits per heavy atom. The standard InChI is InChI=1S/C11H12BrClN2O4/c1-19-9(10(16)17)5-14-11(18)15-8-3-2-6(13)4-7(8)12/h2-4,9H,5H2,1H3,(H,16,17)(H2,14,15,18). The topological polar surface area (TPSA) is 87.7 Å². The lowest BCUT2D eigenvalue weighted by molar-refractivity contribution is -0.147. The number of carboxylic acids is 1. The van der Waals surface area contributed by atoms with E-state index in [-0.39, 0.29) is 6.54 Å². The number of anilines is 1. The van der Waals surface area contributed by atoms with Crippen molar-refractivity contribution in [2.45, 2.75) is 6.10 Å². The van der Waals surface area contributed by atoms with Crippen LogP contribution in [0.25, 0.3) is 0 Å². The van der Waals surface area contributed by atoms with Crippen LogP contribution in [-0.2, 0) is 9.53 Å². The number of benzene rings is 1. The third-order valence-corrected chi connectivity index (χ3v) is 3.08. The molecule has 2 amide bonds. The van der Waals surface area contributed by atoms with Crippen LogP contribution in [0, 0.1) is 0 Å². The Morgan fingerprint density at radius 2 is 2.21 bits per heavy atom. The maximum absolute atomic E-state index is 11.6. The molecule has 1 aromatic rings. The average Bonchev–Trinajstić information content (AvgIpc) is 2.33. The molecule has 1 unspecified atom stereocenters. The van der Waals surface area contributed by atoms with Crippen LogP contribution in [0.1, 0.15) is 0 Å². The van der Waals surface area contributed by atoms with Gasteiger partial charge in [-0.05, 0) is 34.1 Å². The monoisotopic (exact) mass is 350 g/mol. The van der Waals surface area contributed by atoms with Crippen LogP contribution < -0.4 is 10.6 Å². The summed E-state index contributed by atoms with van der Waals surface area (Å²) in [5.74, 6) is -1.14. The highest BCUT2D eigenvalue weighted by Crippen LogP contribution is 2.25. The normalized spacial score (nSPS) is 11.7. The summed E-state index contributed by atoms with van der Waals surface area (Å²) in [6.07, 6.45) is -1.08. The summed E-state index contributed by atoms with van der Waals surface area (Å²) >= 11 is 9.02. The molecule has 0 aliphatic heterocycles. The Bertz CT molecular complexity index is 484. The van der Waals surface area contributed by atoms with Crippen LogP contribution >= 0.6 is 27.5 Å². The van der Waals surface area contributed by atoms with Crippen LogP contribution in [0.2, 0.25) is 5.02 Å². The molecule has 0 saturated carbocycles. The summed E-state index contributed by atoms with van der Waals surface area (Å²) < 4.78 is 5.30. The highest BCUT2D eigenvalue weighted by molar-refractivity contribution is 9.10. The Kier molecular flexibility index (Phi) is 6.07. The summed E-state index contributed by atoms with van der Waals surface area (Å²) in [5.41, 5.74) is 0.520. The SMILES string of the molecule is COC(CNC(=O)Nc1ccc(Cl)cc1Br)C(=O)O. The van der Waals surface area contributed by atoms with E-state index in [2.05, 4.69) is 31.3 Å². The summed E-state index contributed by atoms with van der Waals surface area (Å²) in [5, 5.41) is 14.2. The number of carbonyl (C=O) groups excluding carboxylic acids is 1. The van der Waals surface area contributed by atoms with Gasteiger partial charge in [-0.3, -0.25) is 0 Å². The second kappa shape index (κ2) is 7.32. The van der Waals surface area contributed by atoms with E-state index in [0.717, 1.165) is 0 Å². The molecule has 0 spiro atoms. The van der Waals surface area contributed by atoms with Gasteiger partial charge >= 0.3 is 12.0 Å². The minimum absolute atomic E-state index is 0.136. The van der Waals surface area contributed by atoms with Crippen molar-refractivity contribution in [2.75, 3.05) is 19.0 Å². The number of halogens is 2. The van der Waals surface area contributed by atoms with Crippen LogP contribution in [0.5, 0.6) is 0 Å². The van der Waals surface area contributed by atoms with Crippen LogP contribution in [0.15, 0.2) is 22.7 Å². The molecule has 0 heterocycles. The second-order valence-electron chi connectivity index (χ2n) is 3.52. The highest BCUT2D eigenvalue weighted by atomic mass is 79.9. The average molecular weight is 352 g/mol. The van der Waals surface area contributed by atoms with E-state index in [0.29, 0.717) is 15.2 Å². The Labute approximate surface area is 123 Å². The molecule has 0 bridgehead atoms. The van der Waals surface area contributed by atoms with Crippen molar-refractivity contribution >= 4 is 45.2 Å². The number of urea groups is 1. The predicted octanol–water partition coefficient (Wildman–Crippen LogP) is 2.32. The lowest BCUT2D eigenvalue weighted by atomic mass is 10.3. The van der Waals surface area contributed by atoms with E-state index >= 15 is 0 Å². The summed E-state index contributed by atoms with van der Waals surface area (Å²) in [4.78, 5) is 22.2. The van der Waals surface area contributed by atoms with Crippen molar-refractivity contribution in [3.63, 3.8) is 0 Å². The van der Waals surface area contributed by atoms with Gasteiger partial charge in [-0.25, -0.2) is 9.59 Å².